The number of carbonyl (C=O) groups excluding carboxylic acids is 1. The van der Waals surface area contributed by atoms with Crippen molar-refractivity contribution in [3.8, 4) is 16.9 Å². The number of carbonyl (C=O) groups is 1. The molecule has 0 radical (unpaired) electrons. The smallest absolute Gasteiger partial charge is 0.273 e. The number of morpholine rings is 1. The van der Waals surface area contributed by atoms with Crippen LogP contribution in [0.5, 0.6) is 0 Å². The first-order valence-electron chi connectivity index (χ1n) is 11.7. The number of benzene rings is 2. The Kier molecular flexibility index (Phi) is 6.92. The van der Waals surface area contributed by atoms with Gasteiger partial charge in [-0.1, -0.05) is 41.7 Å². The van der Waals surface area contributed by atoms with Crippen LogP contribution in [0.15, 0.2) is 65.8 Å². The van der Waals surface area contributed by atoms with Crippen molar-refractivity contribution < 1.29 is 13.9 Å². The average Bonchev–Trinajstić information content (AvgIpc) is 3.46. The van der Waals surface area contributed by atoms with Gasteiger partial charge in [-0.15, -0.1) is 0 Å². The minimum atomic E-state index is -0.313. The standard InChI is InChI=1S/C27H26FN5O2S/c1-18-16-23(19(2)33(18)22-10-8-21(28)9-11-22)26(34)31-29-17-24-25(20-6-4-3-5-7-20)30-27(36-24)32-12-14-35-15-13-32/h3-11,16-17H,12-15H2,1-2H3,(H,31,34)/b29-17-. The van der Waals surface area contributed by atoms with Crippen molar-refractivity contribution in [2.24, 2.45) is 5.10 Å². The molecular formula is C27H26FN5O2S. The summed E-state index contributed by atoms with van der Waals surface area (Å²) in [6.07, 6.45) is 1.65. The van der Waals surface area contributed by atoms with Crippen LogP contribution in [0, 0.1) is 19.7 Å². The number of anilines is 1. The third kappa shape index (κ3) is 4.93. The van der Waals surface area contributed by atoms with Crippen molar-refractivity contribution in [2.45, 2.75) is 13.8 Å². The van der Waals surface area contributed by atoms with Crippen LogP contribution in [-0.2, 0) is 4.74 Å². The van der Waals surface area contributed by atoms with Crippen molar-refractivity contribution in [1.82, 2.24) is 15.0 Å². The van der Waals surface area contributed by atoms with E-state index in [4.69, 9.17) is 9.72 Å². The molecule has 1 N–H and O–H groups in total. The highest BCUT2D eigenvalue weighted by atomic mass is 32.1. The zero-order valence-corrected chi connectivity index (χ0v) is 20.9. The maximum atomic E-state index is 13.4. The Balaban J connectivity index is 1.38. The van der Waals surface area contributed by atoms with E-state index in [9.17, 15) is 9.18 Å². The Bertz CT molecular complexity index is 1390. The van der Waals surface area contributed by atoms with Gasteiger partial charge in [0.2, 0.25) is 0 Å². The predicted octanol–water partition coefficient (Wildman–Crippen LogP) is 4.96. The maximum Gasteiger partial charge on any atom is 0.273 e. The second kappa shape index (κ2) is 10.4. The van der Waals surface area contributed by atoms with E-state index < -0.39 is 0 Å². The van der Waals surface area contributed by atoms with E-state index in [0.29, 0.717) is 18.8 Å². The first kappa shape index (κ1) is 23.9. The first-order chi connectivity index (χ1) is 17.5. The van der Waals surface area contributed by atoms with E-state index in [2.05, 4.69) is 15.4 Å². The number of aryl methyl sites for hydroxylation is 1. The van der Waals surface area contributed by atoms with Crippen LogP contribution >= 0.6 is 11.3 Å². The van der Waals surface area contributed by atoms with Crippen LogP contribution < -0.4 is 10.3 Å². The van der Waals surface area contributed by atoms with Crippen LogP contribution in [0.1, 0.15) is 26.6 Å². The highest BCUT2D eigenvalue weighted by molar-refractivity contribution is 7.17. The number of amides is 1. The van der Waals surface area contributed by atoms with E-state index >= 15 is 0 Å². The summed E-state index contributed by atoms with van der Waals surface area (Å²) >= 11 is 1.54. The molecule has 4 aromatic rings. The molecule has 0 spiro atoms. The number of thiazole rings is 1. The molecule has 0 atom stereocenters. The minimum absolute atomic E-state index is 0.303. The SMILES string of the molecule is Cc1cc(C(=O)N/N=C\c2sc(N3CCOCC3)nc2-c2ccccc2)c(C)n1-c1ccc(F)cc1. The van der Waals surface area contributed by atoms with E-state index in [1.165, 1.54) is 12.1 Å². The maximum absolute atomic E-state index is 13.4. The fourth-order valence-electron chi connectivity index (χ4n) is 4.29. The van der Waals surface area contributed by atoms with Gasteiger partial charge in [0, 0.05) is 35.7 Å². The molecule has 0 saturated carbocycles. The van der Waals surface area contributed by atoms with Crippen LogP contribution in [0.4, 0.5) is 9.52 Å². The summed E-state index contributed by atoms with van der Waals surface area (Å²) in [5, 5.41) is 5.18. The molecule has 36 heavy (non-hydrogen) atoms. The predicted molar refractivity (Wildman–Crippen MR) is 141 cm³/mol. The van der Waals surface area contributed by atoms with E-state index in [1.807, 2.05) is 54.8 Å². The Morgan fingerprint density at radius 2 is 1.83 bits per heavy atom. The number of ether oxygens (including phenoxy) is 1. The Morgan fingerprint density at radius 3 is 2.56 bits per heavy atom. The lowest BCUT2D eigenvalue weighted by Crippen LogP contribution is -2.36. The number of hydrogen-bond acceptors (Lipinski definition) is 6. The molecule has 5 rings (SSSR count). The van der Waals surface area contributed by atoms with Crippen LogP contribution in [-0.4, -0.2) is 48.0 Å². The minimum Gasteiger partial charge on any atom is -0.378 e. The summed E-state index contributed by atoms with van der Waals surface area (Å²) in [6.45, 7) is 6.71. The number of rotatable bonds is 6. The summed E-state index contributed by atoms with van der Waals surface area (Å²) in [4.78, 5) is 20.9. The highest BCUT2D eigenvalue weighted by Gasteiger charge is 2.20. The topological polar surface area (TPSA) is 71.8 Å². The van der Waals surface area contributed by atoms with Gasteiger partial charge in [0.1, 0.15) is 5.82 Å². The summed E-state index contributed by atoms with van der Waals surface area (Å²) in [6, 6.07) is 17.9. The summed E-state index contributed by atoms with van der Waals surface area (Å²) in [5.41, 5.74) is 7.41. The monoisotopic (exact) mass is 503 g/mol. The lowest BCUT2D eigenvalue weighted by atomic mass is 10.1. The molecule has 2 aromatic heterocycles. The lowest BCUT2D eigenvalue weighted by molar-refractivity contribution is 0.0954. The van der Waals surface area contributed by atoms with Gasteiger partial charge >= 0.3 is 0 Å². The zero-order chi connectivity index (χ0) is 25.1. The molecule has 1 aliphatic rings. The molecule has 9 heteroatoms. The Morgan fingerprint density at radius 1 is 1.11 bits per heavy atom. The van der Waals surface area contributed by atoms with Crippen molar-refractivity contribution in [1.29, 1.82) is 0 Å². The van der Waals surface area contributed by atoms with E-state index in [1.54, 1.807) is 29.7 Å². The van der Waals surface area contributed by atoms with Crippen LogP contribution in [0.2, 0.25) is 0 Å². The number of nitrogens with one attached hydrogen (secondary N) is 1. The molecule has 1 fully saturated rings. The molecule has 3 heterocycles. The molecule has 1 saturated heterocycles. The van der Waals surface area contributed by atoms with Gasteiger partial charge in [-0.05, 0) is 44.2 Å². The van der Waals surface area contributed by atoms with Crippen molar-refractivity contribution in [3.63, 3.8) is 0 Å². The van der Waals surface area contributed by atoms with Gasteiger partial charge in [-0.3, -0.25) is 4.79 Å². The van der Waals surface area contributed by atoms with Gasteiger partial charge in [-0.2, -0.15) is 5.10 Å². The van der Waals surface area contributed by atoms with Gasteiger partial charge < -0.3 is 14.2 Å². The fourth-order valence-corrected chi connectivity index (χ4v) is 5.30. The van der Waals surface area contributed by atoms with Gasteiger partial charge in [0.05, 0.1) is 35.6 Å². The van der Waals surface area contributed by atoms with Crippen LogP contribution in [0.3, 0.4) is 0 Å². The summed E-state index contributed by atoms with van der Waals surface area (Å²) in [5.74, 6) is -0.616. The number of hydrogen-bond donors (Lipinski definition) is 1. The highest BCUT2D eigenvalue weighted by Crippen LogP contribution is 2.32. The number of halogens is 1. The molecular weight excluding hydrogens is 477 g/mol. The molecule has 1 aliphatic heterocycles. The third-order valence-corrected chi connectivity index (χ3v) is 7.13. The number of hydrazone groups is 1. The van der Waals surface area contributed by atoms with Crippen molar-refractivity contribution in [3.05, 3.63) is 88.3 Å². The van der Waals surface area contributed by atoms with Gasteiger partial charge in [0.15, 0.2) is 5.13 Å². The van der Waals surface area contributed by atoms with Crippen LogP contribution in [0.25, 0.3) is 16.9 Å². The summed E-state index contributed by atoms with van der Waals surface area (Å²) < 4.78 is 20.8. The van der Waals surface area contributed by atoms with Crippen molar-refractivity contribution >= 4 is 28.6 Å². The normalized spacial score (nSPS) is 13.9. The molecule has 2 aromatic carbocycles. The van der Waals surface area contributed by atoms with Crippen molar-refractivity contribution in [2.75, 3.05) is 31.2 Å². The summed E-state index contributed by atoms with van der Waals surface area (Å²) in [7, 11) is 0. The largest absolute Gasteiger partial charge is 0.378 e. The first-order valence-corrected chi connectivity index (χ1v) is 12.5. The molecule has 0 bridgehead atoms. The Hall–Kier alpha value is -3.82. The Labute approximate surface area is 212 Å². The molecule has 7 nitrogen and oxygen atoms in total. The molecule has 184 valence electrons. The average molecular weight is 504 g/mol. The second-order valence-corrected chi connectivity index (χ2v) is 9.48. The lowest BCUT2D eigenvalue weighted by Gasteiger charge is -2.26. The zero-order valence-electron chi connectivity index (χ0n) is 20.1. The quantitative estimate of drug-likeness (QED) is 0.298. The molecule has 1 amide bonds. The molecule has 0 aliphatic carbocycles. The van der Waals surface area contributed by atoms with E-state index in [-0.39, 0.29) is 11.7 Å². The second-order valence-electron chi connectivity index (χ2n) is 8.47. The number of nitrogens with zero attached hydrogens (tertiary/aromatic N) is 4. The fraction of sp³-hybridized carbons (Fsp3) is 0.222. The number of aromatic nitrogens is 2. The van der Waals surface area contributed by atoms with Gasteiger partial charge in [-0.25, -0.2) is 14.8 Å². The van der Waals surface area contributed by atoms with E-state index in [0.717, 1.165) is 51.4 Å². The van der Waals surface area contributed by atoms with Gasteiger partial charge in [0.25, 0.3) is 5.91 Å². The third-order valence-electron chi connectivity index (χ3n) is 6.08. The molecule has 0 unspecified atom stereocenters.